The van der Waals surface area contributed by atoms with Crippen molar-refractivity contribution in [3.05, 3.63) is 59.9 Å². The lowest BCUT2D eigenvalue weighted by molar-refractivity contribution is -0.119. The van der Waals surface area contributed by atoms with Crippen LogP contribution >= 0.6 is 0 Å². The lowest BCUT2D eigenvalue weighted by Gasteiger charge is -2.27. The van der Waals surface area contributed by atoms with Gasteiger partial charge in [0.05, 0.1) is 4.90 Å². The monoisotopic (exact) mass is 459 g/mol. The number of halogens is 1. The van der Waals surface area contributed by atoms with Gasteiger partial charge in [0.1, 0.15) is 5.82 Å². The number of hydrogen-bond donors (Lipinski definition) is 0. The van der Waals surface area contributed by atoms with Gasteiger partial charge in [-0.2, -0.15) is 4.31 Å². The number of piperidine rings is 1. The maximum atomic E-state index is 13.2. The van der Waals surface area contributed by atoms with E-state index in [9.17, 15) is 22.4 Å². The van der Waals surface area contributed by atoms with Crippen LogP contribution in [0, 0.1) is 5.82 Å². The zero-order chi connectivity index (χ0) is 22.7. The standard InChI is InChI=1S/C23H26FN3O4S/c24-19-7-11-21(12-8-19)32(30,31)26-14-3-13-25(16-17-26)23(29)18-5-9-20(10-6-18)27-15-2-1-4-22(27)28/h5-12H,1-4,13-17H2. The molecule has 0 aliphatic carbocycles. The summed E-state index contributed by atoms with van der Waals surface area (Å²) in [7, 11) is -3.75. The van der Waals surface area contributed by atoms with Crippen LogP contribution in [0.2, 0.25) is 0 Å². The number of anilines is 1. The Hall–Kier alpha value is -2.78. The Balaban J connectivity index is 1.42. The van der Waals surface area contributed by atoms with E-state index in [4.69, 9.17) is 0 Å². The second-order valence-corrected chi connectivity index (χ2v) is 9.99. The van der Waals surface area contributed by atoms with Crippen molar-refractivity contribution < 1.29 is 22.4 Å². The van der Waals surface area contributed by atoms with Gasteiger partial charge in [-0.15, -0.1) is 0 Å². The number of amides is 2. The maximum absolute atomic E-state index is 13.2. The van der Waals surface area contributed by atoms with E-state index >= 15 is 0 Å². The normalized spacial score (nSPS) is 18.5. The molecule has 2 heterocycles. The van der Waals surface area contributed by atoms with Crippen LogP contribution in [0.1, 0.15) is 36.0 Å². The number of benzene rings is 2. The average Bonchev–Trinajstić information content (AvgIpc) is 3.06. The summed E-state index contributed by atoms with van der Waals surface area (Å²) in [6.07, 6.45) is 2.94. The van der Waals surface area contributed by atoms with Gasteiger partial charge in [-0.05, 0) is 67.8 Å². The van der Waals surface area contributed by atoms with Crippen LogP contribution in [-0.2, 0) is 14.8 Å². The summed E-state index contributed by atoms with van der Waals surface area (Å²) >= 11 is 0. The molecule has 170 valence electrons. The van der Waals surface area contributed by atoms with E-state index in [1.165, 1.54) is 16.4 Å². The fourth-order valence-electron chi connectivity index (χ4n) is 4.14. The van der Waals surface area contributed by atoms with Crippen molar-refractivity contribution in [1.82, 2.24) is 9.21 Å². The molecule has 0 aromatic heterocycles. The minimum Gasteiger partial charge on any atom is -0.337 e. The highest BCUT2D eigenvalue weighted by molar-refractivity contribution is 7.89. The molecular formula is C23H26FN3O4S. The first kappa shape index (κ1) is 22.4. The molecule has 0 radical (unpaired) electrons. The molecule has 0 unspecified atom stereocenters. The first-order chi connectivity index (χ1) is 15.4. The van der Waals surface area contributed by atoms with Gasteiger partial charge in [-0.1, -0.05) is 0 Å². The molecule has 2 aromatic rings. The predicted molar refractivity (Wildman–Crippen MR) is 118 cm³/mol. The Morgan fingerprint density at radius 3 is 2.22 bits per heavy atom. The van der Waals surface area contributed by atoms with E-state index in [0.29, 0.717) is 38.0 Å². The largest absolute Gasteiger partial charge is 0.337 e. The summed E-state index contributed by atoms with van der Waals surface area (Å²) in [6, 6.07) is 11.8. The Bertz CT molecular complexity index is 1090. The van der Waals surface area contributed by atoms with Gasteiger partial charge in [0, 0.05) is 50.4 Å². The van der Waals surface area contributed by atoms with Crippen molar-refractivity contribution in [2.45, 2.75) is 30.6 Å². The fourth-order valence-corrected chi connectivity index (χ4v) is 5.61. The Kier molecular flexibility index (Phi) is 6.57. The fraction of sp³-hybridized carbons (Fsp3) is 0.391. The Morgan fingerprint density at radius 1 is 0.812 bits per heavy atom. The zero-order valence-corrected chi connectivity index (χ0v) is 18.6. The topological polar surface area (TPSA) is 78.0 Å². The molecule has 2 aliphatic heterocycles. The number of rotatable bonds is 4. The molecule has 2 aliphatic rings. The van der Waals surface area contributed by atoms with Crippen LogP contribution in [0.25, 0.3) is 0 Å². The van der Waals surface area contributed by atoms with Crippen molar-refractivity contribution in [3.8, 4) is 0 Å². The van der Waals surface area contributed by atoms with Crippen molar-refractivity contribution >= 4 is 27.5 Å². The maximum Gasteiger partial charge on any atom is 0.253 e. The molecule has 2 fully saturated rings. The van der Waals surface area contributed by atoms with E-state index in [1.807, 2.05) is 0 Å². The van der Waals surface area contributed by atoms with E-state index < -0.39 is 15.8 Å². The Morgan fingerprint density at radius 2 is 1.53 bits per heavy atom. The number of hydrogen-bond acceptors (Lipinski definition) is 4. The Labute approximate surface area is 187 Å². The molecule has 7 nitrogen and oxygen atoms in total. The van der Waals surface area contributed by atoms with E-state index in [1.54, 1.807) is 34.1 Å². The molecule has 32 heavy (non-hydrogen) atoms. The summed E-state index contributed by atoms with van der Waals surface area (Å²) in [4.78, 5) is 28.6. The van der Waals surface area contributed by atoms with Gasteiger partial charge in [0.2, 0.25) is 15.9 Å². The van der Waals surface area contributed by atoms with Crippen LogP contribution in [0.4, 0.5) is 10.1 Å². The van der Waals surface area contributed by atoms with Crippen LogP contribution in [0.5, 0.6) is 0 Å². The highest BCUT2D eigenvalue weighted by Crippen LogP contribution is 2.23. The van der Waals surface area contributed by atoms with Gasteiger partial charge in [-0.25, -0.2) is 12.8 Å². The van der Waals surface area contributed by atoms with Gasteiger partial charge in [0.25, 0.3) is 5.91 Å². The molecule has 0 saturated carbocycles. The SMILES string of the molecule is O=C(c1ccc(N2CCCCC2=O)cc1)N1CCCN(S(=O)(=O)c2ccc(F)cc2)CC1. The smallest absolute Gasteiger partial charge is 0.253 e. The van der Waals surface area contributed by atoms with Gasteiger partial charge in [0.15, 0.2) is 0 Å². The zero-order valence-electron chi connectivity index (χ0n) is 17.7. The number of nitrogens with zero attached hydrogens (tertiary/aromatic N) is 3. The highest BCUT2D eigenvalue weighted by atomic mass is 32.2. The molecule has 4 rings (SSSR count). The average molecular weight is 460 g/mol. The molecule has 0 spiro atoms. The highest BCUT2D eigenvalue weighted by Gasteiger charge is 2.29. The molecule has 0 atom stereocenters. The summed E-state index contributed by atoms with van der Waals surface area (Å²) in [5, 5.41) is 0. The van der Waals surface area contributed by atoms with Crippen molar-refractivity contribution in [3.63, 3.8) is 0 Å². The van der Waals surface area contributed by atoms with Crippen LogP contribution in [-0.4, -0.2) is 62.2 Å². The third-order valence-electron chi connectivity index (χ3n) is 5.94. The van der Waals surface area contributed by atoms with Crippen LogP contribution in [0.15, 0.2) is 53.4 Å². The minimum absolute atomic E-state index is 0.0431. The lowest BCUT2D eigenvalue weighted by Crippen LogP contribution is -2.37. The predicted octanol–water partition coefficient (Wildman–Crippen LogP) is 2.88. The number of carbonyl (C=O) groups excluding carboxylic acids is 2. The molecule has 0 N–H and O–H groups in total. The molecule has 0 bridgehead atoms. The van der Waals surface area contributed by atoms with Gasteiger partial charge >= 0.3 is 0 Å². The molecular weight excluding hydrogens is 433 g/mol. The van der Waals surface area contributed by atoms with E-state index in [2.05, 4.69) is 0 Å². The molecule has 2 amide bonds. The van der Waals surface area contributed by atoms with E-state index in [0.717, 1.165) is 30.7 Å². The quantitative estimate of drug-likeness (QED) is 0.705. The third-order valence-corrected chi connectivity index (χ3v) is 7.86. The first-order valence-corrected chi connectivity index (χ1v) is 12.3. The van der Waals surface area contributed by atoms with Crippen LogP contribution in [0.3, 0.4) is 0 Å². The summed E-state index contributed by atoms with van der Waals surface area (Å²) in [5.41, 5.74) is 1.30. The van der Waals surface area contributed by atoms with Crippen molar-refractivity contribution in [1.29, 1.82) is 0 Å². The summed E-state index contributed by atoms with van der Waals surface area (Å²) in [5.74, 6) is -0.555. The first-order valence-electron chi connectivity index (χ1n) is 10.8. The number of carbonyl (C=O) groups is 2. The van der Waals surface area contributed by atoms with Crippen molar-refractivity contribution in [2.75, 3.05) is 37.6 Å². The van der Waals surface area contributed by atoms with Crippen molar-refractivity contribution in [2.24, 2.45) is 0 Å². The molecule has 2 saturated heterocycles. The second kappa shape index (κ2) is 9.38. The molecule has 2 aromatic carbocycles. The van der Waals surface area contributed by atoms with Gasteiger partial charge in [-0.3, -0.25) is 9.59 Å². The van der Waals surface area contributed by atoms with Crippen LogP contribution < -0.4 is 4.90 Å². The number of sulfonamides is 1. The summed E-state index contributed by atoms with van der Waals surface area (Å²) < 4.78 is 40.3. The third kappa shape index (κ3) is 4.68. The van der Waals surface area contributed by atoms with E-state index in [-0.39, 0.29) is 29.8 Å². The van der Waals surface area contributed by atoms with Gasteiger partial charge < -0.3 is 9.80 Å². The minimum atomic E-state index is -3.75. The summed E-state index contributed by atoms with van der Waals surface area (Å²) in [6.45, 7) is 1.87. The second-order valence-electron chi connectivity index (χ2n) is 8.05. The lowest BCUT2D eigenvalue weighted by atomic mass is 10.1. The molecule has 9 heteroatoms.